The second kappa shape index (κ2) is 6.85. The highest BCUT2D eigenvalue weighted by molar-refractivity contribution is 7.80. The summed E-state index contributed by atoms with van der Waals surface area (Å²) in [6.07, 6.45) is 5.98. The Hall–Kier alpha value is -0.680. The second-order valence-electron chi connectivity index (χ2n) is 6.99. The van der Waals surface area contributed by atoms with E-state index in [9.17, 15) is 0 Å². The first-order chi connectivity index (χ1) is 9.44. The van der Waals surface area contributed by atoms with Gasteiger partial charge in [0.1, 0.15) is 0 Å². The standard InChI is InChI=1S/C15H27N3OS/c1-11-7-12(9-15(2,3)8-11)17-18-14(20)16-10-13-5-4-6-19-13/h11,13H,4-10H2,1-3H3,(H2,16,18,20)/t11-,13+/m1/s1. The van der Waals surface area contributed by atoms with Gasteiger partial charge in [-0.2, -0.15) is 5.10 Å². The van der Waals surface area contributed by atoms with Gasteiger partial charge in [-0.3, -0.25) is 5.43 Å². The van der Waals surface area contributed by atoms with Crippen molar-refractivity contribution in [1.29, 1.82) is 0 Å². The van der Waals surface area contributed by atoms with Gasteiger partial charge in [0.05, 0.1) is 6.10 Å². The molecular weight excluding hydrogens is 270 g/mol. The van der Waals surface area contributed by atoms with Crippen LogP contribution in [0.2, 0.25) is 0 Å². The number of thiocarbonyl (C=S) groups is 1. The Morgan fingerprint density at radius 2 is 2.30 bits per heavy atom. The van der Waals surface area contributed by atoms with Gasteiger partial charge in [-0.25, -0.2) is 0 Å². The van der Waals surface area contributed by atoms with E-state index in [0.717, 1.165) is 38.8 Å². The van der Waals surface area contributed by atoms with Crippen LogP contribution >= 0.6 is 12.2 Å². The minimum atomic E-state index is 0.302. The minimum absolute atomic E-state index is 0.302. The van der Waals surface area contributed by atoms with E-state index in [1.54, 1.807) is 0 Å². The zero-order valence-corrected chi connectivity index (χ0v) is 13.7. The number of hydrogen-bond donors (Lipinski definition) is 2. The fourth-order valence-corrected chi connectivity index (χ4v) is 3.51. The van der Waals surface area contributed by atoms with E-state index >= 15 is 0 Å². The topological polar surface area (TPSA) is 45.7 Å². The molecule has 1 saturated heterocycles. The smallest absolute Gasteiger partial charge is 0.187 e. The summed E-state index contributed by atoms with van der Waals surface area (Å²) in [6, 6.07) is 0. The molecule has 1 heterocycles. The summed E-state index contributed by atoms with van der Waals surface area (Å²) < 4.78 is 5.55. The lowest BCUT2D eigenvalue weighted by Gasteiger charge is -2.34. The number of nitrogens with one attached hydrogen (secondary N) is 2. The van der Waals surface area contributed by atoms with Crippen LogP contribution in [0.15, 0.2) is 5.10 Å². The van der Waals surface area contributed by atoms with Gasteiger partial charge in [0.25, 0.3) is 0 Å². The Balaban J connectivity index is 1.74. The Morgan fingerprint density at radius 3 is 2.95 bits per heavy atom. The lowest BCUT2D eigenvalue weighted by molar-refractivity contribution is 0.114. The van der Waals surface area contributed by atoms with Gasteiger partial charge in [0, 0.05) is 18.9 Å². The summed E-state index contributed by atoms with van der Waals surface area (Å²) in [5, 5.41) is 8.28. The molecule has 114 valence electrons. The summed E-state index contributed by atoms with van der Waals surface area (Å²) in [7, 11) is 0. The lowest BCUT2D eigenvalue weighted by atomic mass is 9.72. The van der Waals surface area contributed by atoms with E-state index in [4.69, 9.17) is 17.0 Å². The highest BCUT2D eigenvalue weighted by Crippen LogP contribution is 2.36. The maximum absolute atomic E-state index is 5.55. The molecule has 4 nitrogen and oxygen atoms in total. The predicted octanol–water partition coefficient (Wildman–Crippen LogP) is 2.83. The number of hydrogen-bond acceptors (Lipinski definition) is 3. The first kappa shape index (κ1) is 15.7. The molecule has 20 heavy (non-hydrogen) atoms. The summed E-state index contributed by atoms with van der Waals surface area (Å²) in [4.78, 5) is 0. The van der Waals surface area contributed by atoms with E-state index in [-0.39, 0.29) is 0 Å². The zero-order chi connectivity index (χ0) is 14.6. The normalized spacial score (nSPS) is 31.2. The van der Waals surface area contributed by atoms with Crippen LogP contribution in [0.25, 0.3) is 0 Å². The highest BCUT2D eigenvalue weighted by atomic mass is 32.1. The third kappa shape index (κ3) is 5.02. The number of ether oxygens (including phenoxy) is 1. The fraction of sp³-hybridized carbons (Fsp3) is 0.867. The van der Waals surface area contributed by atoms with Crippen LogP contribution < -0.4 is 10.7 Å². The van der Waals surface area contributed by atoms with Crippen molar-refractivity contribution >= 4 is 23.0 Å². The minimum Gasteiger partial charge on any atom is -0.376 e. The zero-order valence-electron chi connectivity index (χ0n) is 12.9. The van der Waals surface area contributed by atoms with E-state index in [0.29, 0.717) is 22.5 Å². The molecule has 2 rings (SSSR count). The molecule has 2 atom stereocenters. The Kier molecular flexibility index (Phi) is 5.38. The van der Waals surface area contributed by atoms with Crippen molar-refractivity contribution in [2.75, 3.05) is 13.2 Å². The van der Waals surface area contributed by atoms with Crippen molar-refractivity contribution in [2.24, 2.45) is 16.4 Å². The van der Waals surface area contributed by atoms with Crippen molar-refractivity contribution in [1.82, 2.24) is 10.7 Å². The molecule has 0 aromatic rings. The summed E-state index contributed by atoms with van der Waals surface area (Å²) >= 11 is 5.26. The van der Waals surface area contributed by atoms with Crippen LogP contribution in [0, 0.1) is 11.3 Å². The molecule has 0 spiro atoms. The van der Waals surface area contributed by atoms with E-state index in [1.807, 2.05) is 0 Å². The van der Waals surface area contributed by atoms with Crippen molar-refractivity contribution < 1.29 is 4.74 Å². The van der Waals surface area contributed by atoms with E-state index < -0.39 is 0 Å². The van der Waals surface area contributed by atoms with Crippen molar-refractivity contribution in [3.05, 3.63) is 0 Å². The van der Waals surface area contributed by atoms with E-state index in [1.165, 1.54) is 12.1 Å². The van der Waals surface area contributed by atoms with Gasteiger partial charge >= 0.3 is 0 Å². The number of nitrogens with zero attached hydrogens (tertiary/aromatic N) is 1. The Morgan fingerprint density at radius 1 is 1.50 bits per heavy atom. The quantitative estimate of drug-likeness (QED) is 0.621. The molecular formula is C15H27N3OS. The third-order valence-corrected chi connectivity index (χ3v) is 4.23. The van der Waals surface area contributed by atoms with Crippen LogP contribution in [-0.4, -0.2) is 30.1 Å². The van der Waals surface area contributed by atoms with Crippen LogP contribution in [0.5, 0.6) is 0 Å². The molecule has 0 amide bonds. The molecule has 0 bridgehead atoms. The highest BCUT2D eigenvalue weighted by Gasteiger charge is 2.29. The molecule has 1 aliphatic heterocycles. The maximum Gasteiger partial charge on any atom is 0.187 e. The van der Waals surface area contributed by atoms with Crippen LogP contribution in [-0.2, 0) is 4.74 Å². The Bertz CT molecular complexity index is 375. The molecule has 0 radical (unpaired) electrons. The summed E-state index contributed by atoms with van der Waals surface area (Å²) in [6.45, 7) is 8.57. The van der Waals surface area contributed by atoms with Crippen LogP contribution in [0.1, 0.15) is 52.9 Å². The molecule has 0 unspecified atom stereocenters. The predicted molar refractivity (Wildman–Crippen MR) is 86.9 cm³/mol. The fourth-order valence-electron chi connectivity index (χ4n) is 3.38. The molecule has 1 saturated carbocycles. The molecule has 1 aliphatic carbocycles. The molecule has 2 aliphatic rings. The number of hydrazone groups is 1. The number of rotatable bonds is 3. The summed E-state index contributed by atoms with van der Waals surface area (Å²) in [5.41, 5.74) is 4.57. The van der Waals surface area contributed by atoms with Gasteiger partial charge < -0.3 is 10.1 Å². The summed E-state index contributed by atoms with van der Waals surface area (Å²) in [5.74, 6) is 0.702. The molecule has 0 aromatic heterocycles. The molecule has 0 aromatic carbocycles. The van der Waals surface area contributed by atoms with Gasteiger partial charge in [0.15, 0.2) is 5.11 Å². The van der Waals surface area contributed by atoms with E-state index in [2.05, 4.69) is 36.6 Å². The van der Waals surface area contributed by atoms with Crippen molar-refractivity contribution in [2.45, 2.75) is 59.0 Å². The first-order valence-corrected chi connectivity index (χ1v) is 8.06. The van der Waals surface area contributed by atoms with Gasteiger partial charge in [-0.15, -0.1) is 0 Å². The van der Waals surface area contributed by atoms with Crippen LogP contribution in [0.3, 0.4) is 0 Å². The average molecular weight is 297 g/mol. The monoisotopic (exact) mass is 297 g/mol. The Labute approximate surface area is 127 Å². The van der Waals surface area contributed by atoms with Crippen molar-refractivity contribution in [3.63, 3.8) is 0 Å². The van der Waals surface area contributed by atoms with Crippen LogP contribution in [0.4, 0.5) is 0 Å². The van der Waals surface area contributed by atoms with Gasteiger partial charge in [-0.05, 0) is 55.7 Å². The van der Waals surface area contributed by atoms with Gasteiger partial charge in [-0.1, -0.05) is 20.8 Å². The largest absolute Gasteiger partial charge is 0.376 e. The molecule has 5 heteroatoms. The molecule has 2 N–H and O–H groups in total. The molecule has 2 fully saturated rings. The average Bonchev–Trinajstić information content (AvgIpc) is 2.84. The second-order valence-corrected chi connectivity index (χ2v) is 7.40. The SMILES string of the molecule is C[C@@H]1CC(=NNC(=S)NC[C@@H]2CCCO2)CC(C)(C)C1. The lowest BCUT2D eigenvalue weighted by Crippen LogP contribution is -2.38. The third-order valence-electron chi connectivity index (χ3n) is 4.00. The van der Waals surface area contributed by atoms with Crippen molar-refractivity contribution in [3.8, 4) is 0 Å². The van der Waals surface area contributed by atoms with Gasteiger partial charge in [0.2, 0.25) is 0 Å². The maximum atomic E-state index is 5.55. The first-order valence-electron chi connectivity index (χ1n) is 7.65.